The molecule has 0 radical (unpaired) electrons. The maximum Gasteiger partial charge on any atom is 0.276 e. The summed E-state index contributed by atoms with van der Waals surface area (Å²) in [6.45, 7) is 0.700. The third kappa shape index (κ3) is 2.96. The maximum atomic E-state index is 14.6. The SMILES string of the molecule is CN1C[C@H](N2CCc3ccccc3[C@@H]2c2ccc(F)cc2)C(F)(F)C1. The van der Waals surface area contributed by atoms with Gasteiger partial charge in [-0.15, -0.1) is 0 Å². The molecule has 0 unspecified atom stereocenters. The Morgan fingerprint density at radius 2 is 1.76 bits per heavy atom. The molecule has 0 spiro atoms. The number of fused-ring (bicyclic) bond motifs is 1. The highest BCUT2D eigenvalue weighted by molar-refractivity contribution is 5.40. The summed E-state index contributed by atoms with van der Waals surface area (Å²) in [6, 6.07) is 13.1. The van der Waals surface area contributed by atoms with Gasteiger partial charge in [0.05, 0.1) is 18.6 Å². The lowest BCUT2D eigenvalue weighted by Gasteiger charge is -2.42. The Kier molecular flexibility index (Phi) is 4.08. The highest BCUT2D eigenvalue weighted by Crippen LogP contribution is 2.41. The first-order valence-electron chi connectivity index (χ1n) is 8.61. The van der Waals surface area contributed by atoms with Crippen molar-refractivity contribution in [2.45, 2.75) is 24.4 Å². The van der Waals surface area contributed by atoms with Gasteiger partial charge >= 0.3 is 0 Å². The summed E-state index contributed by atoms with van der Waals surface area (Å²) in [5.41, 5.74) is 3.09. The quantitative estimate of drug-likeness (QED) is 0.818. The highest BCUT2D eigenvalue weighted by Gasteiger charge is 2.52. The Morgan fingerprint density at radius 3 is 2.44 bits per heavy atom. The molecule has 0 N–H and O–H groups in total. The van der Waals surface area contributed by atoms with Crippen LogP contribution in [0.15, 0.2) is 48.5 Å². The first-order valence-corrected chi connectivity index (χ1v) is 8.61. The molecular weight excluding hydrogens is 325 g/mol. The Bertz CT molecular complexity index is 760. The molecule has 25 heavy (non-hydrogen) atoms. The second kappa shape index (κ2) is 6.15. The summed E-state index contributed by atoms with van der Waals surface area (Å²) in [7, 11) is 1.73. The lowest BCUT2D eigenvalue weighted by molar-refractivity contribution is -0.0602. The number of halogens is 3. The van der Waals surface area contributed by atoms with Crippen LogP contribution in [0.2, 0.25) is 0 Å². The Morgan fingerprint density at radius 1 is 1.04 bits per heavy atom. The predicted octanol–water partition coefficient (Wildman–Crippen LogP) is 3.72. The smallest absolute Gasteiger partial charge is 0.276 e. The minimum Gasteiger partial charge on any atom is -0.299 e. The van der Waals surface area contributed by atoms with Crippen LogP contribution in [0, 0.1) is 5.82 Å². The molecule has 4 rings (SSSR count). The van der Waals surface area contributed by atoms with Crippen molar-refractivity contribution in [1.29, 1.82) is 0 Å². The molecule has 2 aliphatic heterocycles. The van der Waals surface area contributed by atoms with Crippen LogP contribution in [0.5, 0.6) is 0 Å². The molecule has 5 heteroatoms. The molecule has 2 atom stereocenters. The van der Waals surface area contributed by atoms with Gasteiger partial charge in [-0.3, -0.25) is 9.80 Å². The van der Waals surface area contributed by atoms with E-state index in [-0.39, 0.29) is 18.4 Å². The van der Waals surface area contributed by atoms with Crippen LogP contribution in [-0.4, -0.2) is 48.4 Å². The first-order chi connectivity index (χ1) is 12.0. The van der Waals surface area contributed by atoms with Gasteiger partial charge in [0, 0.05) is 13.1 Å². The normalized spacial score (nSPS) is 26.6. The lowest BCUT2D eigenvalue weighted by Crippen LogP contribution is -2.51. The van der Waals surface area contributed by atoms with E-state index in [0.29, 0.717) is 13.1 Å². The average Bonchev–Trinajstić information content (AvgIpc) is 2.87. The van der Waals surface area contributed by atoms with Gasteiger partial charge in [0.1, 0.15) is 5.82 Å². The zero-order chi connectivity index (χ0) is 17.6. The Balaban J connectivity index is 1.79. The fourth-order valence-electron chi connectivity index (χ4n) is 4.24. The van der Waals surface area contributed by atoms with Crippen LogP contribution < -0.4 is 0 Å². The fourth-order valence-corrected chi connectivity index (χ4v) is 4.24. The van der Waals surface area contributed by atoms with E-state index in [4.69, 9.17) is 0 Å². The summed E-state index contributed by atoms with van der Waals surface area (Å²) >= 11 is 0. The van der Waals surface area contributed by atoms with E-state index in [9.17, 15) is 13.2 Å². The lowest BCUT2D eigenvalue weighted by atomic mass is 9.86. The maximum absolute atomic E-state index is 14.6. The van der Waals surface area contributed by atoms with Crippen LogP contribution in [0.4, 0.5) is 13.2 Å². The van der Waals surface area contributed by atoms with E-state index in [0.717, 1.165) is 17.5 Å². The van der Waals surface area contributed by atoms with Gasteiger partial charge in [-0.25, -0.2) is 13.2 Å². The van der Waals surface area contributed by atoms with Gasteiger partial charge in [0.15, 0.2) is 0 Å². The van der Waals surface area contributed by atoms with Crippen molar-refractivity contribution in [3.63, 3.8) is 0 Å². The monoisotopic (exact) mass is 346 g/mol. The molecule has 1 fully saturated rings. The largest absolute Gasteiger partial charge is 0.299 e. The first kappa shape index (κ1) is 16.6. The molecule has 1 saturated heterocycles. The zero-order valence-electron chi connectivity index (χ0n) is 14.1. The number of hydrogen-bond donors (Lipinski definition) is 0. The van der Waals surface area contributed by atoms with Crippen molar-refractivity contribution in [1.82, 2.24) is 9.80 Å². The number of likely N-dealkylation sites (tertiary alicyclic amines) is 1. The second-order valence-corrected chi connectivity index (χ2v) is 7.11. The molecule has 132 valence electrons. The summed E-state index contributed by atoms with van der Waals surface area (Å²) in [6.07, 6.45) is 0.754. The standard InChI is InChI=1S/C20H21F3N2/c1-24-12-18(20(22,23)13-24)25-11-10-14-4-2-3-5-17(14)19(25)15-6-8-16(21)9-7-15/h2-9,18-19H,10-13H2,1H3/t18-,19-/m0/s1. The molecule has 2 aromatic carbocycles. The van der Waals surface area contributed by atoms with E-state index < -0.39 is 12.0 Å². The second-order valence-electron chi connectivity index (χ2n) is 7.11. The van der Waals surface area contributed by atoms with Gasteiger partial charge in [-0.05, 0) is 42.3 Å². The molecule has 0 aromatic heterocycles. The Labute approximate surface area is 145 Å². The molecule has 0 bridgehead atoms. The van der Waals surface area contributed by atoms with Crippen molar-refractivity contribution in [2.75, 3.05) is 26.7 Å². The van der Waals surface area contributed by atoms with Crippen molar-refractivity contribution >= 4 is 0 Å². The molecule has 0 saturated carbocycles. The van der Waals surface area contributed by atoms with Crippen molar-refractivity contribution in [3.05, 3.63) is 71.0 Å². The van der Waals surface area contributed by atoms with Gasteiger partial charge < -0.3 is 0 Å². The van der Waals surface area contributed by atoms with Crippen LogP contribution >= 0.6 is 0 Å². The third-order valence-corrected chi connectivity index (χ3v) is 5.36. The zero-order valence-corrected chi connectivity index (χ0v) is 14.1. The van der Waals surface area contributed by atoms with Gasteiger partial charge in [-0.2, -0.15) is 0 Å². The molecule has 2 aliphatic rings. The van der Waals surface area contributed by atoms with Crippen LogP contribution in [0.25, 0.3) is 0 Å². The van der Waals surface area contributed by atoms with Crippen LogP contribution in [0.3, 0.4) is 0 Å². The minimum atomic E-state index is -2.75. The number of benzene rings is 2. The molecule has 0 amide bonds. The van der Waals surface area contributed by atoms with E-state index in [1.54, 1.807) is 24.1 Å². The number of alkyl halides is 2. The summed E-state index contributed by atoms with van der Waals surface area (Å²) in [5, 5.41) is 0. The topological polar surface area (TPSA) is 6.48 Å². The molecule has 2 aromatic rings. The molecule has 2 heterocycles. The minimum absolute atomic E-state index is 0.216. The third-order valence-electron chi connectivity index (χ3n) is 5.36. The number of hydrogen-bond acceptors (Lipinski definition) is 2. The Hall–Kier alpha value is -1.85. The number of likely N-dealkylation sites (N-methyl/N-ethyl adjacent to an activating group) is 1. The molecular formula is C20H21F3N2. The summed E-state index contributed by atoms with van der Waals surface area (Å²) in [4.78, 5) is 3.60. The van der Waals surface area contributed by atoms with Crippen molar-refractivity contribution in [3.8, 4) is 0 Å². The highest BCUT2D eigenvalue weighted by atomic mass is 19.3. The summed E-state index contributed by atoms with van der Waals surface area (Å²) < 4.78 is 42.6. The van der Waals surface area contributed by atoms with E-state index in [1.807, 2.05) is 23.1 Å². The van der Waals surface area contributed by atoms with Gasteiger partial charge in [0.2, 0.25) is 0 Å². The van der Waals surface area contributed by atoms with Gasteiger partial charge in [0.25, 0.3) is 5.92 Å². The number of nitrogens with zero attached hydrogens (tertiary/aromatic N) is 2. The average molecular weight is 346 g/mol. The van der Waals surface area contributed by atoms with Crippen LogP contribution in [0.1, 0.15) is 22.7 Å². The summed E-state index contributed by atoms with van der Waals surface area (Å²) in [5.74, 6) is -3.07. The van der Waals surface area contributed by atoms with Gasteiger partial charge in [-0.1, -0.05) is 36.4 Å². The van der Waals surface area contributed by atoms with E-state index in [2.05, 4.69) is 6.07 Å². The van der Waals surface area contributed by atoms with Crippen LogP contribution in [-0.2, 0) is 6.42 Å². The van der Waals surface area contributed by atoms with E-state index in [1.165, 1.54) is 17.7 Å². The fraction of sp³-hybridized carbons (Fsp3) is 0.400. The van der Waals surface area contributed by atoms with Crippen molar-refractivity contribution in [2.24, 2.45) is 0 Å². The molecule has 0 aliphatic carbocycles. The molecule has 2 nitrogen and oxygen atoms in total. The predicted molar refractivity (Wildman–Crippen MR) is 91.3 cm³/mol. The van der Waals surface area contributed by atoms with Crippen molar-refractivity contribution < 1.29 is 13.2 Å². The number of rotatable bonds is 2. The van der Waals surface area contributed by atoms with E-state index >= 15 is 0 Å².